The molecule has 5 heteroatoms. The predicted octanol–water partition coefficient (Wildman–Crippen LogP) is 3.80. The molecule has 1 fully saturated rings. The van der Waals surface area contributed by atoms with E-state index in [0.717, 1.165) is 18.4 Å². The number of para-hydroxylation sites is 1. The minimum Gasteiger partial charge on any atom is -0.339 e. The van der Waals surface area contributed by atoms with Crippen LogP contribution in [-0.4, -0.2) is 29.8 Å². The lowest BCUT2D eigenvalue weighted by Gasteiger charge is -2.31. The summed E-state index contributed by atoms with van der Waals surface area (Å²) in [7, 11) is 1.86. The van der Waals surface area contributed by atoms with E-state index in [4.69, 9.17) is 5.73 Å². The molecule has 2 aromatic carbocycles. The van der Waals surface area contributed by atoms with Gasteiger partial charge in [0.1, 0.15) is 0 Å². The largest absolute Gasteiger partial charge is 0.339 e. The Morgan fingerprint density at radius 2 is 1.70 bits per heavy atom. The number of carbonyl (C=O) groups is 2. The average molecular weight is 365 g/mol. The second kappa shape index (κ2) is 8.82. The van der Waals surface area contributed by atoms with Crippen molar-refractivity contribution in [2.75, 3.05) is 12.4 Å². The van der Waals surface area contributed by atoms with Gasteiger partial charge in [0.2, 0.25) is 0 Å². The lowest BCUT2D eigenvalue weighted by atomic mass is 9.94. The molecule has 0 atom stereocenters. The molecule has 2 aromatic rings. The molecule has 2 amide bonds. The summed E-state index contributed by atoms with van der Waals surface area (Å²) in [6, 6.07) is 14.6. The van der Waals surface area contributed by atoms with E-state index >= 15 is 0 Å². The Kier molecular flexibility index (Phi) is 6.24. The van der Waals surface area contributed by atoms with Crippen molar-refractivity contribution < 1.29 is 9.59 Å². The highest BCUT2D eigenvalue weighted by Crippen LogP contribution is 2.25. The summed E-state index contributed by atoms with van der Waals surface area (Å²) in [6.45, 7) is 0.437. The van der Waals surface area contributed by atoms with Gasteiger partial charge in [-0.2, -0.15) is 0 Å². The summed E-state index contributed by atoms with van der Waals surface area (Å²) in [5, 5.41) is 2.89. The van der Waals surface area contributed by atoms with Crippen LogP contribution in [0.25, 0.3) is 0 Å². The summed E-state index contributed by atoms with van der Waals surface area (Å²) in [5.74, 6) is -0.282. The van der Waals surface area contributed by atoms with E-state index in [0.29, 0.717) is 23.4 Å². The summed E-state index contributed by atoms with van der Waals surface area (Å²) in [4.78, 5) is 27.5. The van der Waals surface area contributed by atoms with Crippen molar-refractivity contribution >= 4 is 17.5 Å². The van der Waals surface area contributed by atoms with E-state index in [9.17, 15) is 9.59 Å². The van der Waals surface area contributed by atoms with E-state index in [1.54, 1.807) is 24.3 Å². The van der Waals surface area contributed by atoms with E-state index in [1.165, 1.54) is 19.3 Å². The Morgan fingerprint density at radius 3 is 2.37 bits per heavy atom. The highest BCUT2D eigenvalue weighted by molar-refractivity contribution is 6.09. The number of anilines is 1. The van der Waals surface area contributed by atoms with Crippen LogP contribution in [-0.2, 0) is 6.54 Å². The molecule has 5 nitrogen and oxygen atoms in total. The molecule has 1 aliphatic rings. The quantitative estimate of drug-likeness (QED) is 0.846. The zero-order chi connectivity index (χ0) is 19.2. The Bertz CT molecular complexity index is 795. The van der Waals surface area contributed by atoms with Crippen LogP contribution in [0.5, 0.6) is 0 Å². The number of nitrogens with two attached hydrogens (primary N) is 1. The molecule has 3 N–H and O–H groups in total. The normalized spacial score (nSPS) is 14.6. The molecule has 0 aromatic heterocycles. The Balaban J connectivity index is 1.76. The van der Waals surface area contributed by atoms with Crippen molar-refractivity contribution in [3.05, 3.63) is 65.2 Å². The van der Waals surface area contributed by atoms with Crippen LogP contribution in [0.3, 0.4) is 0 Å². The number of hydrogen-bond donors (Lipinski definition) is 2. The molecule has 3 rings (SSSR count). The van der Waals surface area contributed by atoms with Gasteiger partial charge in [-0.1, -0.05) is 43.5 Å². The molecular weight excluding hydrogens is 338 g/mol. The van der Waals surface area contributed by atoms with Gasteiger partial charge >= 0.3 is 0 Å². The molecule has 0 spiro atoms. The first kappa shape index (κ1) is 19.1. The first-order valence-corrected chi connectivity index (χ1v) is 9.56. The van der Waals surface area contributed by atoms with Gasteiger partial charge < -0.3 is 16.0 Å². The molecule has 0 unspecified atom stereocenters. The summed E-state index contributed by atoms with van der Waals surface area (Å²) < 4.78 is 0. The number of hydrogen-bond acceptors (Lipinski definition) is 3. The Labute approximate surface area is 160 Å². The van der Waals surface area contributed by atoms with Gasteiger partial charge in [0.15, 0.2) is 0 Å². The fourth-order valence-electron chi connectivity index (χ4n) is 3.59. The summed E-state index contributed by atoms with van der Waals surface area (Å²) in [5.41, 5.74) is 8.17. The third-order valence-corrected chi connectivity index (χ3v) is 5.30. The molecule has 0 radical (unpaired) electrons. The molecular formula is C22H27N3O2. The van der Waals surface area contributed by atoms with Gasteiger partial charge in [-0.3, -0.25) is 9.59 Å². The molecule has 1 saturated carbocycles. The Morgan fingerprint density at radius 1 is 1.04 bits per heavy atom. The SMILES string of the molecule is CN(C(=O)c1ccccc1NC(=O)c1ccc(CN)cc1)C1CCCCC1. The third-order valence-electron chi connectivity index (χ3n) is 5.30. The van der Waals surface area contributed by atoms with Crippen LogP contribution in [0.4, 0.5) is 5.69 Å². The first-order chi connectivity index (χ1) is 13.1. The minimum atomic E-state index is -0.237. The molecule has 0 aliphatic heterocycles. The minimum absolute atomic E-state index is 0.0451. The molecule has 142 valence electrons. The van der Waals surface area contributed by atoms with Crippen LogP contribution in [0.2, 0.25) is 0 Å². The number of benzene rings is 2. The number of rotatable bonds is 5. The second-order valence-electron chi connectivity index (χ2n) is 7.11. The maximum absolute atomic E-state index is 13.0. The average Bonchev–Trinajstić information content (AvgIpc) is 2.73. The zero-order valence-electron chi connectivity index (χ0n) is 15.8. The lowest BCUT2D eigenvalue weighted by Crippen LogP contribution is -2.38. The predicted molar refractivity (Wildman–Crippen MR) is 108 cm³/mol. The molecule has 0 saturated heterocycles. The van der Waals surface area contributed by atoms with Gasteiger partial charge in [-0.05, 0) is 42.7 Å². The number of nitrogens with one attached hydrogen (secondary N) is 1. The van der Waals surface area contributed by atoms with Gasteiger partial charge in [0.05, 0.1) is 11.3 Å². The fourth-order valence-corrected chi connectivity index (χ4v) is 3.59. The van der Waals surface area contributed by atoms with Crippen molar-refractivity contribution in [2.45, 2.75) is 44.7 Å². The van der Waals surface area contributed by atoms with Crippen molar-refractivity contribution in [2.24, 2.45) is 5.73 Å². The fraction of sp³-hybridized carbons (Fsp3) is 0.364. The number of nitrogens with zero attached hydrogens (tertiary/aromatic N) is 1. The number of amides is 2. The highest BCUT2D eigenvalue weighted by atomic mass is 16.2. The monoisotopic (exact) mass is 365 g/mol. The second-order valence-corrected chi connectivity index (χ2v) is 7.11. The van der Waals surface area contributed by atoms with Gasteiger partial charge in [0, 0.05) is 25.2 Å². The van der Waals surface area contributed by atoms with E-state index in [2.05, 4.69) is 5.32 Å². The number of carbonyl (C=O) groups excluding carboxylic acids is 2. The summed E-state index contributed by atoms with van der Waals surface area (Å²) in [6.07, 6.45) is 5.67. The van der Waals surface area contributed by atoms with Crippen LogP contribution >= 0.6 is 0 Å². The van der Waals surface area contributed by atoms with Gasteiger partial charge in [0.25, 0.3) is 11.8 Å². The van der Waals surface area contributed by atoms with E-state index < -0.39 is 0 Å². The van der Waals surface area contributed by atoms with Gasteiger partial charge in [-0.15, -0.1) is 0 Å². The van der Waals surface area contributed by atoms with Crippen LogP contribution in [0.1, 0.15) is 58.4 Å². The lowest BCUT2D eigenvalue weighted by molar-refractivity contribution is 0.0697. The Hall–Kier alpha value is -2.66. The molecule has 27 heavy (non-hydrogen) atoms. The van der Waals surface area contributed by atoms with Crippen molar-refractivity contribution in [3.63, 3.8) is 0 Å². The molecule has 0 bridgehead atoms. The molecule has 0 heterocycles. The van der Waals surface area contributed by atoms with E-state index in [-0.39, 0.29) is 17.9 Å². The van der Waals surface area contributed by atoms with Crippen LogP contribution in [0, 0.1) is 0 Å². The van der Waals surface area contributed by atoms with Crippen molar-refractivity contribution in [3.8, 4) is 0 Å². The van der Waals surface area contributed by atoms with E-state index in [1.807, 2.05) is 36.2 Å². The van der Waals surface area contributed by atoms with Crippen LogP contribution in [0.15, 0.2) is 48.5 Å². The van der Waals surface area contributed by atoms with Crippen molar-refractivity contribution in [1.29, 1.82) is 0 Å². The zero-order valence-corrected chi connectivity index (χ0v) is 15.8. The van der Waals surface area contributed by atoms with Gasteiger partial charge in [-0.25, -0.2) is 0 Å². The highest BCUT2D eigenvalue weighted by Gasteiger charge is 2.24. The molecule has 1 aliphatic carbocycles. The van der Waals surface area contributed by atoms with Crippen LogP contribution < -0.4 is 11.1 Å². The topological polar surface area (TPSA) is 75.4 Å². The standard InChI is InChI=1S/C22H27N3O2/c1-25(18-7-3-2-4-8-18)22(27)19-9-5-6-10-20(19)24-21(26)17-13-11-16(15-23)12-14-17/h5-6,9-14,18H,2-4,7-8,15,23H2,1H3,(H,24,26). The summed E-state index contributed by atoms with van der Waals surface area (Å²) >= 11 is 0. The van der Waals surface area contributed by atoms with Crippen molar-refractivity contribution in [1.82, 2.24) is 4.90 Å². The maximum atomic E-state index is 13.0. The third kappa shape index (κ3) is 4.55. The first-order valence-electron chi connectivity index (χ1n) is 9.56. The smallest absolute Gasteiger partial charge is 0.255 e. The maximum Gasteiger partial charge on any atom is 0.255 e.